The maximum atomic E-state index is 11.3. The summed E-state index contributed by atoms with van der Waals surface area (Å²) >= 11 is 3.51. The average molecular weight is 530 g/mol. The summed E-state index contributed by atoms with van der Waals surface area (Å²) in [6.45, 7) is 3.58. The van der Waals surface area contributed by atoms with Crippen LogP contribution >= 0.6 is 23.1 Å². The number of hydrogen-bond acceptors (Lipinski definition) is 6. The number of aromatic nitrogens is 1. The van der Waals surface area contributed by atoms with Crippen LogP contribution in [-0.2, 0) is 16.7 Å². The molecule has 1 aromatic heterocycles. The molecule has 1 N–H and O–H groups in total. The predicted octanol–water partition coefficient (Wildman–Crippen LogP) is 5.74. The number of allylic oxidation sites excluding steroid dienone is 2. The van der Waals surface area contributed by atoms with Crippen molar-refractivity contribution in [1.29, 1.82) is 0 Å². The molecule has 0 unspecified atom stereocenters. The lowest BCUT2D eigenvalue weighted by Crippen LogP contribution is -2.33. The molecule has 2 aromatic carbocycles. The average Bonchev–Trinajstić information content (AvgIpc) is 3.54. The highest BCUT2D eigenvalue weighted by Gasteiger charge is 2.31. The van der Waals surface area contributed by atoms with Crippen molar-refractivity contribution in [2.75, 3.05) is 24.3 Å². The van der Waals surface area contributed by atoms with Gasteiger partial charge in [-0.1, -0.05) is 35.2 Å². The zero-order chi connectivity index (χ0) is 24.6. The SMILES string of the molecule is CC[n+]1c(C=C(C=C2Sc3ccc(OC)cc3N2CCCS(=O)(=O)O)C2CC2)sc2ccccc21. The summed E-state index contributed by atoms with van der Waals surface area (Å²) in [6, 6.07) is 14.5. The van der Waals surface area contributed by atoms with Crippen LogP contribution in [0, 0.1) is 5.92 Å². The topological polar surface area (TPSA) is 70.7 Å². The van der Waals surface area contributed by atoms with Gasteiger partial charge in [-0.25, -0.2) is 0 Å². The zero-order valence-electron chi connectivity index (χ0n) is 19.8. The maximum Gasteiger partial charge on any atom is 0.264 e. The van der Waals surface area contributed by atoms with Crippen molar-refractivity contribution in [3.8, 4) is 5.75 Å². The van der Waals surface area contributed by atoms with Crippen molar-refractivity contribution < 1.29 is 22.3 Å². The first kappa shape index (κ1) is 24.4. The van der Waals surface area contributed by atoms with Crippen LogP contribution in [0.5, 0.6) is 5.75 Å². The molecule has 3 aromatic rings. The molecular formula is C26H29N2O4S3+. The molecule has 1 saturated carbocycles. The lowest BCUT2D eigenvalue weighted by atomic mass is 10.1. The molecule has 5 rings (SSSR count). The number of ether oxygens (including phenoxy) is 1. The van der Waals surface area contributed by atoms with Gasteiger partial charge >= 0.3 is 0 Å². The number of anilines is 1. The zero-order valence-corrected chi connectivity index (χ0v) is 22.3. The van der Waals surface area contributed by atoms with Gasteiger partial charge in [-0.05, 0) is 62.0 Å². The highest BCUT2D eigenvalue weighted by atomic mass is 32.2. The number of aryl methyl sites for hydroxylation is 1. The third-order valence-corrected chi connectivity index (χ3v) is 9.33. The molecular weight excluding hydrogens is 500 g/mol. The van der Waals surface area contributed by atoms with Crippen molar-refractivity contribution in [2.24, 2.45) is 5.92 Å². The van der Waals surface area contributed by atoms with Crippen molar-refractivity contribution in [1.82, 2.24) is 0 Å². The van der Waals surface area contributed by atoms with Crippen LogP contribution in [0.2, 0.25) is 0 Å². The lowest BCUT2D eigenvalue weighted by molar-refractivity contribution is -0.665. The van der Waals surface area contributed by atoms with E-state index in [1.807, 2.05) is 29.5 Å². The van der Waals surface area contributed by atoms with Gasteiger partial charge < -0.3 is 9.64 Å². The van der Waals surface area contributed by atoms with E-state index in [0.717, 1.165) is 27.9 Å². The van der Waals surface area contributed by atoms with E-state index in [9.17, 15) is 13.0 Å². The fraction of sp³-hybridized carbons (Fsp3) is 0.346. The molecule has 0 saturated heterocycles. The summed E-state index contributed by atoms with van der Waals surface area (Å²) in [7, 11) is -2.36. The Labute approximate surface area is 214 Å². The summed E-state index contributed by atoms with van der Waals surface area (Å²) in [5.41, 5.74) is 3.58. The molecule has 0 radical (unpaired) electrons. The van der Waals surface area contributed by atoms with E-state index in [4.69, 9.17) is 4.74 Å². The number of methoxy groups -OCH3 is 1. The van der Waals surface area contributed by atoms with Gasteiger partial charge in [0.25, 0.3) is 15.1 Å². The monoisotopic (exact) mass is 529 g/mol. The highest BCUT2D eigenvalue weighted by Crippen LogP contribution is 2.49. The molecule has 0 bridgehead atoms. The number of benzene rings is 2. The first-order valence-corrected chi connectivity index (χ1v) is 15.0. The van der Waals surface area contributed by atoms with E-state index >= 15 is 0 Å². The summed E-state index contributed by atoms with van der Waals surface area (Å²) < 4.78 is 41.0. The Hall–Kier alpha value is -2.33. The van der Waals surface area contributed by atoms with Crippen molar-refractivity contribution in [3.63, 3.8) is 0 Å². The molecule has 0 atom stereocenters. The predicted molar refractivity (Wildman–Crippen MR) is 144 cm³/mol. The minimum Gasteiger partial charge on any atom is -0.497 e. The van der Waals surface area contributed by atoms with Crippen LogP contribution in [-0.4, -0.2) is 32.4 Å². The molecule has 35 heavy (non-hydrogen) atoms. The minimum atomic E-state index is -4.00. The minimum absolute atomic E-state index is 0.260. The third kappa shape index (κ3) is 5.43. The van der Waals surface area contributed by atoms with Gasteiger partial charge in [0.2, 0.25) is 5.52 Å². The van der Waals surface area contributed by atoms with Crippen LogP contribution < -0.4 is 14.2 Å². The Morgan fingerprint density at radius 3 is 2.77 bits per heavy atom. The second-order valence-electron chi connectivity index (χ2n) is 8.78. The normalized spacial score (nSPS) is 17.4. The van der Waals surface area contributed by atoms with Crippen LogP contribution in [0.25, 0.3) is 16.3 Å². The molecule has 0 spiro atoms. The Morgan fingerprint density at radius 2 is 2.06 bits per heavy atom. The molecule has 1 fully saturated rings. The number of nitrogens with zero attached hydrogens (tertiary/aromatic N) is 2. The molecule has 6 nitrogen and oxygen atoms in total. The van der Waals surface area contributed by atoms with Crippen LogP contribution in [0.4, 0.5) is 5.69 Å². The van der Waals surface area contributed by atoms with Gasteiger partial charge in [-0.15, -0.1) is 0 Å². The molecule has 2 aliphatic rings. The maximum absolute atomic E-state index is 11.3. The van der Waals surface area contributed by atoms with Crippen molar-refractivity contribution >= 4 is 55.2 Å². The lowest BCUT2D eigenvalue weighted by Gasteiger charge is -2.21. The second-order valence-corrected chi connectivity index (χ2v) is 12.5. The molecule has 9 heteroatoms. The molecule has 1 aliphatic carbocycles. The Bertz CT molecular complexity index is 1420. The van der Waals surface area contributed by atoms with Gasteiger partial charge in [0.15, 0.2) is 0 Å². The van der Waals surface area contributed by atoms with Crippen LogP contribution in [0.15, 0.2) is 64.0 Å². The summed E-state index contributed by atoms with van der Waals surface area (Å²) in [6.07, 6.45) is 7.30. The van der Waals surface area contributed by atoms with E-state index in [1.165, 1.54) is 33.6 Å². The smallest absolute Gasteiger partial charge is 0.264 e. The largest absolute Gasteiger partial charge is 0.497 e. The van der Waals surface area contributed by atoms with Gasteiger partial charge in [-0.3, -0.25) is 4.55 Å². The quantitative estimate of drug-likeness (QED) is 0.281. The first-order chi connectivity index (χ1) is 16.9. The molecule has 1 aliphatic heterocycles. The van der Waals surface area contributed by atoms with Gasteiger partial charge in [0.05, 0.1) is 23.6 Å². The van der Waals surface area contributed by atoms with E-state index in [1.54, 1.807) is 18.9 Å². The second kappa shape index (κ2) is 9.97. The first-order valence-electron chi connectivity index (χ1n) is 11.8. The van der Waals surface area contributed by atoms with Gasteiger partial charge in [0.1, 0.15) is 17.0 Å². The molecule has 0 amide bonds. The molecule has 2 heterocycles. The van der Waals surface area contributed by atoms with Crippen LogP contribution in [0.1, 0.15) is 31.2 Å². The fourth-order valence-corrected chi connectivity index (χ4v) is 7.23. The highest BCUT2D eigenvalue weighted by molar-refractivity contribution is 8.03. The number of fused-ring (bicyclic) bond motifs is 2. The van der Waals surface area contributed by atoms with E-state index < -0.39 is 10.1 Å². The Kier molecular flexibility index (Phi) is 6.94. The van der Waals surface area contributed by atoms with Gasteiger partial charge in [0, 0.05) is 29.6 Å². The standard InChI is InChI=1S/C26H28N2O4S3/c1-3-27-21-7-4-5-8-23(21)33-25(27)15-19(18-9-10-18)16-26-28(13-6-14-35(29,30)31)22-17-20(32-2)11-12-24(22)34-26/h4-5,7-8,11-12,15-18H,3,6,9-10,13-14H2,1-2H3/p+1. The van der Waals surface area contributed by atoms with E-state index in [0.29, 0.717) is 18.9 Å². The Balaban J connectivity index is 1.53. The number of para-hydroxylation sites is 1. The van der Waals surface area contributed by atoms with Crippen LogP contribution in [0.3, 0.4) is 0 Å². The number of rotatable bonds is 9. The van der Waals surface area contributed by atoms with E-state index in [-0.39, 0.29) is 5.75 Å². The van der Waals surface area contributed by atoms with Gasteiger partial charge in [-0.2, -0.15) is 13.0 Å². The fourth-order valence-electron chi connectivity index (χ4n) is 4.42. The Morgan fingerprint density at radius 1 is 1.26 bits per heavy atom. The number of thiazole rings is 1. The molecule has 184 valence electrons. The summed E-state index contributed by atoms with van der Waals surface area (Å²) in [4.78, 5) is 3.27. The van der Waals surface area contributed by atoms with E-state index in [2.05, 4.69) is 52.8 Å². The summed E-state index contributed by atoms with van der Waals surface area (Å²) in [5.74, 6) is 1.04. The number of thioether (sulfide) groups is 1. The van der Waals surface area contributed by atoms with Crippen molar-refractivity contribution in [2.45, 2.75) is 37.6 Å². The summed E-state index contributed by atoms with van der Waals surface area (Å²) in [5, 5.41) is 2.32. The van der Waals surface area contributed by atoms with Crippen molar-refractivity contribution in [3.05, 3.63) is 64.2 Å². The number of hydrogen-bond donors (Lipinski definition) is 1. The third-order valence-electron chi connectivity index (χ3n) is 6.30.